The summed E-state index contributed by atoms with van der Waals surface area (Å²) in [7, 11) is 0. The molecule has 2 heteroatoms. The van der Waals surface area contributed by atoms with Gasteiger partial charge in [0.1, 0.15) is 11.9 Å². The molecule has 20 heavy (non-hydrogen) atoms. The Balaban J connectivity index is 1.78. The molecule has 1 saturated carbocycles. The first-order valence-corrected chi connectivity index (χ1v) is 7.69. The Morgan fingerprint density at radius 1 is 1.10 bits per heavy atom. The zero-order valence-electron chi connectivity index (χ0n) is 12.1. The molecule has 1 fully saturated rings. The van der Waals surface area contributed by atoms with Gasteiger partial charge in [-0.05, 0) is 60.6 Å². The second-order valence-electron chi connectivity index (χ2n) is 5.86. The zero-order valence-corrected chi connectivity index (χ0v) is 12.1. The number of rotatable bonds is 3. The van der Waals surface area contributed by atoms with Crippen LogP contribution in [-0.2, 0) is 6.42 Å². The highest BCUT2D eigenvalue weighted by molar-refractivity contribution is 5.84. The molecule has 0 aliphatic heterocycles. The molecule has 0 aromatic heterocycles. The minimum atomic E-state index is 0.283. The second-order valence-corrected chi connectivity index (χ2v) is 5.86. The van der Waals surface area contributed by atoms with Crippen molar-refractivity contribution in [3.05, 3.63) is 42.0 Å². The Morgan fingerprint density at radius 3 is 2.70 bits per heavy atom. The predicted molar refractivity (Wildman–Crippen MR) is 84.2 cm³/mol. The van der Waals surface area contributed by atoms with Gasteiger partial charge in [0.2, 0.25) is 0 Å². The summed E-state index contributed by atoms with van der Waals surface area (Å²) >= 11 is 0. The van der Waals surface area contributed by atoms with E-state index in [4.69, 9.17) is 10.5 Å². The fourth-order valence-electron chi connectivity index (χ4n) is 3.05. The van der Waals surface area contributed by atoms with Crippen LogP contribution >= 0.6 is 0 Å². The second kappa shape index (κ2) is 5.84. The van der Waals surface area contributed by atoms with Crippen LogP contribution in [0.2, 0.25) is 0 Å². The van der Waals surface area contributed by atoms with Gasteiger partial charge in [-0.15, -0.1) is 0 Å². The molecule has 0 saturated heterocycles. The molecule has 0 radical (unpaired) electrons. The van der Waals surface area contributed by atoms with Crippen molar-refractivity contribution in [2.45, 2.75) is 51.2 Å². The Hall–Kier alpha value is -1.54. The van der Waals surface area contributed by atoms with Gasteiger partial charge in [0.25, 0.3) is 0 Å². The molecule has 2 nitrogen and oxygen atoms in total. The lowest BCUT2D eigenvalue weighted by atomic mass is 9.93. The molecule has 1 aliphatic carbocycles. The lowest BCUT2D eigenvalue weighted by molar-refractivity contribution is 0.144. The summed E-state index contributed by atoms with van der Waals surface area (Å²) in [4.78, 5) is 0. The van der Waals surface area contributed by atoms with Crippen LogP contribution < -0.4 is 10.5 Å². The highest BCUT2D eigenvalue weighted by Crippen LogP contribution is 2.26. The summed E-state index contributed by atoms with van der Waals surface area (Å²) in [5, 5.41) is 2.54. The number of benzene rings is 2. The van der Waals surface area contributed by atoms with Gasteiger partial charge in [-0.1, -0.05) is 31.2 Å². The van der Waals surface area contributed by atoms with Crippen LogP contribution in [-0.4, -0.2) is 12.1 Å². The first-order chi connectivity index (χ1) is 9.74. The van der Waals surface area contributed by atoms with Gasteiger partial charge < -0.3 is 10.5 Å². The smallest absolute Gasteiger partial charge is 0.120 e. The number of fused-ring (bicyclic) bond motifs is 1. The van der Waals surface area contributed by atoms with Crippen molar-refractivity contribution in [3.63, 3.8) is 0 Å². The number of aryl methyl sites for hydroxylation is 1. The quantitative estimate of drug-likeness (QED) is 0.912. The molecule has 0 amide bonds. The molecule has 2 aromatic rings. The van der Waals surface area contributed by atoms with Crippen LogP contribution in [0.15, 0.2) is 36.4 Å². The number of hydrogen-bond acceptors (Lipinski definition) is 2. The maximum absolute atomic E-state index is 6.11. The van der Waals surface area contributed by atoms with E-state index >= 15 is 0 Å². The first kappa shape index (κ1) is 13.4. The fraction of sp³-hybridized carbons (Fsp3) is 0.444. The van der Waals surface area contributed by atoms with E-state index in [9.17, 15) is 0 Å². The number of nitrogens with two attached hydrogens (primary N) is 1. The molecule has 2 aromatic carbocycles. The number of hydrogen-bond donors (Lipinski definition) is 1. The molecule has 3 rings (SSSR count). The molecule has 2 N–H and O–H groups in total. The lowest BCUT2D eigenvalue weighted by Crippen LogP contribution is -2.33. The van der Waals surface area contributed by atoms with Crippen molar-refractivity contribution in [2.75, 3.05) is 0 Å². The van der Waals surface area contributed by atoms with Crippen LogP contribution in [0.5, 0.6) is 5.75 Å². The predicted octanol–water partition coefficient (Wildman–Crippen LogP) is 4.05. The van der Waals surface area contributed by atoms with E-state index in [0.29, 0.717) is 6.04 Å². The minimum Gasteiger partial charge on any atom is -0.490 e. The molecule has 2 atom stereocenters. The molecular weight excluding hydrogens is 246 g/mol. The highest BCUT2D eigenvalue weighted by atomic mass is 16.5. The van der Waals surface area contributed by atoms with E-state index < -0.39 is 0 Å². The molecule has 1 aliphatic rings. The SMILES string of the molecule is CCc1ccc2cc(OC3CCCC(N)C3)ccc2c1. The summed E-state index contributed by atoms with van der Waals surface area (Å²) in [5.74, 6) is 0.973. The summed E-state index contributed by atoms with van der Waals surface area (Å²) < 4.78 is 6.11. The maximum Gasteiger partial charge on any atom is 0.120 e. The Labute approximate surface area is 120 Å². The van der Waals surface area contributed by atoms with Crippen molar-refractivity contribution in [1.29, 1.82) is 0 Å². The topological polar surface area (TPSA) is 35.2 Å². The third-order valence-corrected chi connectivity index (χ3v) is 4.25. The van der Waals surface area contributed by atoms with E-state index in [1.807, 2.05) is 0 Å². The van der Waals surface area contributed by atoms with Crippen LogP contribution in [0, 0.1) is 0 Å². The van der Waals surface area contributed by atoms with Crippen molar-refractivity contribution in [1.82, 2.24) is 0 Å². The molecule has 106 valence electrons. The van der Waals surface area contributed by atoms with Gasteiger partial charge in [0.15, 0.2) is 0 Å². The largest absolute Gasteiger partial charge is 0.490 e. The van der Waals surface area contributed by atoms with Gasteiger partial charge in [0, 0.05) is 6.04 Å². The average Bonchev–Trinajstić information content (AvgIpc) is 2.47. The van der Waals surface area contributed by atoms with E-state index in [-0.39, 0.29) is 6.10 Å². The average molecular weight is 269 g/mol. The summed E-state index contributed by atoms with van der Waals surface area (Å²) in [6, 6.07) is 13.3. The van der Waals surface area contributed by atoms with Crippen LogP contribution in [0.1, 0.15) is 38.2 Å². The summed E-state index contributed by atoms with van der Waals surface area (Å²) in [6.45, 7) is 2.19. The van der Waals surface area contributed by atoms with Crippen LogP contribution in [0.3, 0.4) is 0 Å². The minimum absolute atomic E-state index is 0.283. The van der Waals surface area contributed by atoms with Gasteiger partial charge in [-0.3, -0.25) is 0 Å². The van der Waals surface area contributed by atoms with Crippen molar-refractivity contribution in [3.8, 4) is 5.75 Å². The van der Waals surface area contributed by atoms with Crippen molar-refractivity contribution >= 4 is 10.8 Å². The number of ether oxygens (including phenoxy) is 1. The Bertz CT molecular complexity index is 593. The third kappa shape index (κ3) is 2.96. The lowest BCUT2D eigenvalue weighted by Gasteiger charge is -2.27. The summed E-state index contributed by atoms with van der Waals surface area (Å²) in [6.07, 6.45) is 5.78. The Kier molecular flexibility index (Phi) is 3.93. The molecule has 0 heterocycles. The Morgan fingerprint density at radius 2 is 1.90 bits per heavy atom. The molecular formula is C18H23NO. The first-order valence-electron chi connectivity index (χ1n) is 7.69. The van der Waals surface area contributed by atoms with Gasteiger partial charge in [0.05, 0.1) is 0 Å². The third-order valence-electron chi connectivity index (χ3n) is 4.25. The molecule has 0 spiro atoms. The monoisotopic (exact) mass is 269 g/mol. The molecule has 0 bridgehead atoms. The van der Waals surface area contributed by atoms with Gasteiger partial charge in [-0.2, -0.15) is 0 Å². The standard InChI is InChI=1S/C18H23NO/c1-2-13-6-7-15-11-18(9-8-14(15)10-13)20-17-5-3-4-16(19)12-17/h6-11,16-17H,2-5,12,19H2,1H3. The fourth-order valence-corrected chi connectivity index (χ4v) is 3.05. The zero-order chi connectivity index (χ0) is 13.9. The normalized spacial score (nSPS) is 22.9. The van der Waals surface area contributed by atoms with Crippen LogP contribution in [0.25, 0.3) is 10.8 Å². The van der Waals surface area contributed by atoms with Crippen LogP contribution in [0.4, 0.5) is 0 Å². The maximum atomic E-state index is 6.11. The van der Waals surface area contributed by atoms with E-state index in [2.05, 4.69) is 43.3 Å². The van der Waals surface area contributed by atoms with E-state index in [1.54, 1.807) is 0 Å². The highest BCUT2D eigenvalue weighted by Gasteiger charge is 2.20. The van der Waals surface area contributed by atoms with Crippen molar-refractivity contribution in [2.24, 2.45) is 5.73 Å². The summed E-state index contributed by atoms with van der Waals surface area (Å²) in [5.41, 5.74) is 7.40. The van der Waals surface area contributed by atoms with E-state index in [0.717, 1.165) is 31.4 Å². The van der Waals surface area contributed by atoms with Gasteiger partial charge >= 0.3 is 0 Å². The van der Waals surface area contributed by atoms with E-state index in [1.165, 1.54) is 22.8 Å². The van der Waals surface area contributed by atoms with Gasteiger partial charge in [-0.25, -0.2) is 0 Å². The molecule has 2 unspecified atom stereocenters. The van der Waals surface area contributed by atoms with Crippen molar-refractivity contribution < 1.29 is 4.74 Å².